The maximum Gasteiger partial charge on any atom is 0.129 e. The first-order chi connectivity index (χ1) is 9.61. The summed E-state index contributed by atoms with van der Waals surface area (Å²) in [6.07, 6.45) is 1.75. The van der Waals surface area contributed by atoms with Gasteiger partial charge in [-0.2, -0.15) is 0 Å². The van der Waals surface area contributed by atoms with Crippen molar-refractivity contribution in [1.29, 1.82) is 0 Å². The molecule has 1 aromatic heterocycles. The third-order valence-electron chi connectivity index (χ3n) is 3.65. The molecule has 2 nitrogen and oxygen atoms in total. The first-order valence-corrected chi connectivity index (χ1v) is 7.52. The van der Waals surface area contributed by atoms with E-state index in [1.807, 2.05) is 10.6 Å². The second-order valence-corrected chi connectivity index (χ2v) is 5.47. The molecule has 0 saturated heterocycles. The van der Waals surface area contributed by atoms with E-state index in [2.05, 4.69) is 46.9 Å². The van der Waals surface area contributed by atoms with Gasteiger partial charge in [0.05, 0.1) is 16.7 Å². The second-order valence-electron chi connectivity index (χ2n) is 4.91. The van der Waals surface area contributed by atoms with E-state index in [4.69, 9.17) is 0 Å². The maximum atomic E-state index is 13.9. The molecule has 0 atom stereocenters. The lowest BCUT2D eigenvalue weighted by molar-refractivity contribution is 0.616. The van der Waals surface area contributed by atoms with Gasteiger partial charge < -0.3 is 0 Å². The molecule has 1 heterocycles. The molecule has 0 aliphatic heterocycles. The number of hydrogen-bond acceptors (Lipinski definition) is 1. The van der Waals surface area contributed by atoms with Crippen LogP contribution in [0.25, 0.3) is 16.7 Å². The number of imidazole rings is 1. The standard InChI is InChI=1S/C16H14BrFN2/c1-10-6-14-16(7-11(10)2)20(9-19-14)15-5-3-4-13(18)12(15)8-17/h3-7,9H,8H2,1-2H3. The zero-order valence-corrected chi connectivity index (χ0v) is 12.9. The Morgan fingerprint density at radius 1 is 1.20 bits per heavy atom. The third-order valence-corrected chi connectivity index (χ3v) is 4.21. The molecule has 0 spiro atoms. The molecule has 0 unspecified atom stereocenters. The van der Waals surface area contributed by atoms with Crippen LogP contribution < -0.4 is 0 Å². The molecule has 0 amide bonds. The molecule has 20 heavy (non-hydrogen) atoms. The Morgan fingerprint density at radius 2 is 1.95 bits per heavy atom. The Hall–Kier alpha value is -1.68. The average molecular weight is 333 g/mol. The molecular formula is C16H14BrFN2. The van der Waals surface area contributed by atoms with Crippen LogP contribution in [0.3, 0.4) is 0 Å². The van der Waals surface area contributed by atoms with Crippen molar-refractivity contribution in [1.82, 2.24) is 9.55 Å². The normalized spacial score (nSPS) is 11.2. The summed E-state index contributed by atoms with van der Waals surface area (Å²) in [4.78, 5) is 4.43. The van der Waals surface area contributed by atoms with E-state index >= 15 is 0 Å². The summed E-state index contributed by atoms with van der Waals surface area (Å²) < 4.78 is 15.9. The smallest absolute Gasteiger partial charge is 0.129 e. The van der Waals surface area contributed by atoms with Crippen LogP contribution in [0.1, 0.15) is 16.7 Å². The molecule has 0 saturated carbocycles. The molecule has 0 bridgehead atoms. The second kappa shape index (κ2) is 5.02. The number of rotatable bonds is 2. The number of halogens is 2. The number of alkyl halides is 1. The first kappa shape index (κ1) is 13.3. The van der Waals surface area contributed by atoms with E-state index in [9.17, 15) is 4.39 Å². The van der Waals surface area contributed by atoms with E-state index < -0.39 is 0 Å². The van der Waals surface area contributed by atoms with Gasteiger partial charge in [-0.25, -0.2) is 9.37 Å². The summed E-state index contributed by atoms with van der Waals surface area (Å²) >= 11 is 3.36. The van der Waals surface area contributed by atoms with Gasteiger partial charge in [0.25, 0.3) is 0 Å². The topological polar surface area (TPSA) is 17.8 Å². The number of hydrogen-bond donors (Lipinski definition) is 0. The van der Waals surface area contributed by atoms with Gasteiger partial charge in [0.15, 0.2) is 0 Å². The summed E-state index contributed by atoms with van der Waals surface area (Å²) in [6.45, 7) is 4.14. The summed E-state index contributed by atoms with van der Waals surface area (Å²) in [7, 11) is 0. The fourth-order valence-corrected chi connectivity index (χ4v) is 2.92. The van der Waals surface area contributed by atoms with Crippen molar-refractivity contribution >= 4 is 27.0 Å². The lowest BCUT2D eigenvalue weighted by Crippen LogP contribution is -1.99. The van der Waals surface area contributed by atoms with Crippen LogP contribution in [0.4, 0.5) is 4.39 Å². The van der Waals surface area contributed by atoms with Crippen molar-refractivity contribution < 1.29 is 4.39 Å². The Bertz CT molecular complexity index is 793. The zero-order valence-electron chi connectivity index (χ0n) is 11.3. The molecule has 0 radical (unpaired) electrons. The van der Waals surface area contributed by atoms with Gasteiger partial charge in [0.2, 0.25) is 0 Å². The highest BCUT2D eigenvalue weighted by atomic mass is 79.9. The molecule has 0 aliphatic carbocycles. The van der Waals surface area contributed by atoms with Crippen LogP contribution >= 0.6 is 15.9 Å². The third kappa shape index (κ3) is 2.04. The highest BCUT2D eigenvalue weighted by Gasteiger charge is 2.12. The van der Waals surface area contributed by atoms with E-state index in [-0.39, 0.29) is 5.82 Å². The van der Waals surface area contributed by atoms with Crippen LogP contribution in [-0.2, 0) is 5.33 Å². The Balaban J connectivity index is 2.30. The van der Waals surface area contributed by atoms with Gasteiger partial charge in [-0.1, -0.05) is 22.0 Å². The van der Waals surface area contributed by atoms with Gasteiger partial charge in [0.1, 0.15) is 12.1 Å². The van der Waals surface area contributed by atoms with Crippen LogP contribution in [0.5, 0.6) is 0 Å². The predicted molar refractivity (Wildman–Crippen MR) is 83.1 cm³/mol. The highest BCUT2D eigenvalue weighted by Crippen LogP contribution is 2.26. The van der Waals surface area contributed by atoms with Gasteiger partial charge in [0, 0.05) is 10.9 Å². The number of fused-ring (bicyclic) bond motifs is 1. The van der Waals surface area contributed by atoms with Crippen molar-refractivity contribution in [3.63, 3.8) is 0 Å². The van der Waals surface area contributed by atoms with Gasteiger partial charge in [-0.15, -0.1) is 0 Å². The predicted octanol–water partition coefficient (Wildman–Crippen LogP) is 4.68. The quantitative estimate of drug-likeness (QED) is 0.623. The summed E-state index contributed by atoms with van der Waals surface area (Å²) in [6, 6.07) is 9.28. The zero-order chi connectivity index (χ0) is 14.3. The summed E-state index contributed by atoms with van der Waals surface area (Å²) in [5, 5.41) is 0.472. The van der Waals surface area contributed by atoms with Crippen molar-refractivity contribution in [2.45, 2.75) is 19.2 Å². The molecule has 3 rings (SSSR count). The molecule has 2 aromatic carbocycles. The molecule has 0 aliphatic rings. The van der Waals surface area contributed by atoms with E-state index in [0.717, 1.165) is 16.7 Å². The maximum absolute atomic E-state index is 13.9. The molecular weight excluding hydrogens is 319 g/mol. The van der Waals surface area contributed by atoms with Crippen molar-refractivity contribution in [3.8, 4) is 5.69 Å². The SMILES string of the molecule is Cc1cc2ncn(-c3cccc(F)c3CBr)c2cc1C. The Morgan fingerprint density at radius 3 is 2.70 bits per heavy atom. The van der Waals surface area contributed by atoms with Crippen LogP contribution in [-0.4, -0.2) is 9.55 Å². The van der Waals surface area contributed by atoms with Crippen LogP contribution in [0, 0.1) is 19.7 Å². The largest absolute Gasteiger partial charge is 0.298 e. The van der Waals surface area contributed by atoms with Gasteiger partial charge in [-0.3, -0.25) is 4.57 Å². The highest BCUT2D eigenvalue weighted by molar-refractivity contribution is 9.08. The monoisotopic (exact) mass is 332 g/mol. The van der Waals surface area contributed by atoms with Crippen LogP contribution in [0.15, 0.2) is 36.7 Å². The van der Waals surface area contributed by atoms with Gasteiger partial charge in [-0.05, 0) is 49.2 Å². The molecule has 0 N–H and O–H groups in total. The van der Waals surface area contributed by atoms with E-state index in [0.29, 0.717) is 10.9 Å². The minimum atomic E-state index is -0.204. The molecule has 0 fully saturated rings. The van der Waals surface area contributed by atoms with Crippen LogP contribution in [0.2, 0.25) is 0 Å². The lowest BCUT2D eigenvalue weighted by atomic mass is 10.1. The molecule has 3 aromatic rings. The Kier molecular flexibility index (Phi) is 3.34. The van der Waals surface area contributed by atoms with Crippen molar-refractivity contribution in [3.05, 3.63) is 59.2 Å². The fraction of sp³-hybridized carbons (Fsp3) is 0.188. The molecule has 102 valence electrons. The number of benzene rings is 2. The summed E-state index contributed by atoms with van der Waals surface area (Å²) in [5.74, 6) is -0.204. The fourth-order valence-electron chi connectivity index (χ4n) is 2.36. The van der Waals surface area contributed by atoms with E-state index in [1.165, 1.54) is 17.2 Å². The van der Waals surface area contributed by atoms with Crippen molar-refractivity contribution in [2.24, 2.45) is 0 Å². The van der Waals surface area contributed by atoms with Gasteiger partial charge >= 0.3 is 0 Å². The number of aryl methyl sites for hydroxylation is 2. The Labute approximate surface area is 125 Å². The lowest BCUT2D eigenvalue weighted by Gasteiger charge is -2.11. The minimum absolute atomic E-state index is 0.204. The van der Waals surface area contributed by atoms with E-state index in [1.54, 1.807) is 12.4 Å². The number of nitrogens with zero attached hydrogens (tertiary/aromatic N) is 2. The minimum Gasteiger partial charge on any atom is -0.298 e. The molecule has 4 heteroatoms. The number of aromatic nitrogens is 2. The summed E-state index contributed by atoms with van der Waals surface area (Å²) in [5.41, 5.74) is 5.81. The van der Waals surface area contributed by atoms with Crippen molar-refractivity contribution in [2.75, 3.05) is 0 Å². The average Bonchev–Trinajstić information content (AvgIpc) is 2.81. The first-order valence-electron chi connectivity index (χ1n) is 6.40.